The van der Waals surface area contributed by atoms with Gasteiger partial charge in [0.15, 0.2) is 11.6 Å². The number of halogens is 3. The van der Waals surface area contributed by atoms with Crippen LogP contribution in [-0.4, -0.2) is 17.2 Å². The predicted octanol–water partition coefficient (Wildman–Crippen LogP) is 3.11. The third kappa shape index (κ3) is 2.83. The quantitative estimate of drug-likeness (QED) is 0.912. The fourth-order valence-corrected chi connectivity index (χ4v) is 1.04. The Morgan fingerprint density at radius 2 is 1.94 bits per heavy atom. The van der Waals surface area contributed by atoms with Gasteiger partial charge in [-0.05, 0) is 13.8 Å². The lowest BCUT2D eigenvalue weighted by Crippen LogP contribution is -2.35. The highest BCUT2D eigenvalue weighted by atomic mass is 19.4. The molecule has 1 amide bonds. The van der Waals surface area contributed by atoms with Crippen molar-refractivity contribution in [3.63, 3.8) is 0 Å². The minimum atomic E-state index is -4.45. The zero-order chi connectivity index (χ0) is 14.1. The van der Waals surface area contributed by atoms with Crippen molar-refractivity contribution in [2.45, 2.75) is 39.3 Å². The first kappa shape index (κ1) is 14.5. The second-order valence-corrected chi connectivity index (χ2v) is 4.84. The van der Waals surface area contributed by atoms with E-state index in [2.05, 4.69) is 15.0 Å². The SMILES string of the molecule is CC(C)C(=O)Nc1cc(C(C)(C)C(F)(F)F)on1. The summed E-state index contributed by atoms with van der Waals surface area (Å²) in [5.41, 5.74) is -2.15. The lowest BCUT2D eigenvalue weighted by Gasteiger charge is -2.24. The van der Waals surface area contributed by atoms with Gasteiger partial charge in [-0.2, -0.15) is 13.2 Å². The molecular formula is C11H15F3N2O2. The third-order valence-electron chi connectivity index (χ3n) is 2.61. The van der Waals surface area contributed by atoms with E-state index in [1.165, 1.54) is 0 Å². The number of aromatic nitrogens is 1. The van der Waals surface area contributed by atoms with Crippen LogP contribution < -0.4 is 5.32 Å². The molecule has 0 saturated heterocycles. The molecule has 102 valence electrons. The molecule has 0 radical (unpaired) electrons. The number of alkyl halides is 3. The number of hydrogen-bond donors (Lipinski definition) is 1. The number of amides is 1. The average Bonchev–Trinajstić information content (AvgIpc) is 2.64. The molecule has 7 heteroatoms. The summed E-state index contributed by atoms with van der Waals surface area (Å²) in [5, 5.41) is 5.79. The van der Waals surface area contributed by atoms with Crippen molar-refractivity contribution in [1.29, 1.82) is 0 Å². The Labute approximate surface area is 103 Å². The molecular weight excluding hydrogens is 249 g/mol. The fraction of sp³-hybridized carbons (Fsp3) is 0.636. The van der Waals surface area contributed by atoms with Crippen molar-refractivity contribution >= 4 is 11.7 Å². The average molecular weight is 264 g/mol. The minimum absolute atomic E-state index is 0.0129. The van der Waals surface area contributed by atoms with Crippen molar-refractivity contribution in [3.05, 3.63) is 11.8 Å². The van der Waals surface area contributed by atoms with Crippen LogP contribution in [0.15, 0.2) is 10.6 Å². The molecule has 0 aliphatic heterocycles. The molecule has 1 rings (SSSR count). The van der Waals surface area contributed by atoms with Crippen molar-refractivity contribution < 1.29 is 22.5 Å². The lowest BCUT2D eigenvalue weighted by atomic mass is 9.89. The zero-order valence-electron chi connectivity index (χ0n) is 10.6. The maximum atomic E-state index is 12.7. The summed E-state index contributed by atoms with van der Waals surface area (Å²) >= 11 is 0. The first-order valence-corrected chi connectivity index (χ1v) is 5.40. The molecule has 0 unspecified atom stereocenters. The first-order valence-electron chi connectivity index (χ1n) is 5.40. The van der Waals surface area contributed by atoms with E-state index in [4.69, 9.17) is 0 Å². The molecule has 0 atom stereocenters. The highest BCUT2D eigenvalue weighted by Crippen LogP contribution is 2.40. The van der Waals surface area contributed by atoms with Gasteiger partial charge in [0.2, 0.25) is 5.91 Å². The molecule has 18 heavy (non-hydrogen) atoms. The van der Waals surface area contributed by atoms with E-state index >= 15 is 0 Å². The molecule has 0 spiro atoms. The van der Waals surface area contributed by atoms with Gasteiger partial charge in [0.1, 0.15) is 5.41 Å². The van der Waals surface area contributed by atoms with E-state index in [1.807, 2.05) is 0 Å². The van der Waals surface area contributed by atoms with Crippen LogP contribution in [0.5, 0.6) is 0 Å². The van der Waals surface area contributed by atoms with Gasteiger partial charge < -0.3 is 9.84 Å². The summed E-state index contributed by atoms with van der Waals surface area (Å²) in [6.45, 7) is 5.30. The Morgan fingerprint density at radius 3 is 2.39 bits per heavy atom. The zero-order valence-corrected chi connectivity index (χ0v) is 10.6. The van der Waals surface area contributed by atoms with Gasteiger partial charge in [0.05, 0.1) is 0 Å². The van der Waals surface area contributed by atoms with Gasteiger partial charge in [-0.15, -0.1) is 0 Å². The van der Waals surface area contributed by atoms with Crippen LogP contribution in [0.25, 0.3) is 0 Å². The van der Waals surface area contributed by atoms with Crippen LogP contribution in [0, 0.1) is 5.92 Å². The molecule has 0 bridgehead atoms. The number of nitrogens with one attached hydrogen (secondary N) is 1. The molecule has 1 N–H and O–H groups in total. The second-order valence-electron chi connectivity index (χ2n) is 4.84. The Kier molecular flexibility index (Phi) is 3.73. The van der Waals surface area contributed by atoms with E-state index < -0.39 is 11.6 Å². The van der Waals surface area contributed by atoms with Crippen LogP contribution in [0.4, 0.5) is 19.0 Å². The largest absolute Gasteiger partial charge is 0.401 e. The number of carbonyl (C=O) groups excluding carboxylic acids is 1. The number of carbonyl (C=O) groups is 1. The van der Waals surface area contributed by atoms with Crippen LogP contribution in [0.2, 0.25) is 0 Å². The maximum absolute atomic E-state index is 12.7. The summed E-state index contributed by atoms with van der Waals surface area (Å²) in [6, 6.07) is 1.09. The highest BCUT2D eigenvalue weighted by Gasteiger charge is 2.51. The van der Waals surface area contributed by atoms with Gasteiger partial charge in [-0.1, -0.05) is 19.0 Å². The summed E-state index contributed by atoms with van der Waals surface area (Å²) in [6.07, 6.45) is -4.45. The van der Waals surface area contributed by atoms with Crippen molar-refractivity contribution in [2.24, 2.45) is 5.92 Å². The van der Waals surface area contributed by atoms with E-state index in [1.54, 1.807) is 13.8 Å². The van der Waals surface area contributed by atoms with Crippen LogP contribution in [0.3, 0.4) is 0 Å². The summed E-state index contributed by atoms with van der Waals surface area (Å²) < 4.78 is 42.9. The molecule has 0 aliphatic carbocycles. The Morgan fingerprint density at radius 1 is 1.39 bits per heavy atom. The normalized spacial score (nSPS) is 12.9. The highest BCUT2D eigenvalue weighted by molar-refractivity contribution is 5.91. The van der Waals surface area contributed by atoms with E-state index in [-0.39, 0.29) is 23.4 Å². The molecule has 4 nitrogen and oxygen atoms in total. The van der Waals surface area contributed by atoms with Gasteiger partial charge in [0, 0.05) is 12.0 Å². The maximum Gasteiger partial charge on any atom is 0.401 e. The summed E-state index contributed by atoms with van der Waals surface area (Å²) in [4.78, 5) is 11.4. The number of rotatable bonds is 3. The topological polar surface area (TPSA) is 55.1 Å². The molecule has 0 aromatic carbocycles. The van der Waals surface area contributed by atoms with E-state index in [0.717, 1.165) is 19.9 Å². The van der Waals surface area contributed by atoms with Crippen molar-refractivity contribution in [1.82, 2.24) is 5.16 Å². The third-order valence-corrected chi connectivity index (χ3v) is 2.61. The van der Waals surface area contributed by atoms with E-state index in [9.17, 15) is 18.0 Å². The molecule has 1 heterocycles. The predicted molar refractivity (Wildman–Crippen MR) is 59.1 cm³/mol. The summed E-state index contributed by atoms with van der Waals surface area (Å²) in [7, 11) is 0. The number of nitrogens with zero attached hydrogens (tertiary/aromatic N) is 1. The Balaban J connectivity index is 2.91. The van der Waals surface area contributed by atoms with Gasteiger partial charge in [-0.3, -0.25) is 4.79 Å². The molecule has 0 saturated carbocycles. The standard InChI is InChI=1S/C11H15F3N2O2/c1-6(2)9(17)15-8-5-7(18-16-8)10(3,4)11(12,13)14/h5-6H,1-4H3,(H,15,16,17). The van der Waals surface area contributed by atoms with Crippen LogP contribution >= 0.6 is 0 Å². The second kappa shape index (κ2) is 4.62. The first-order chi connectivity index (χ1) is 8.05. The smallest absolute Gasteiger partial charge is 0.358 e. The van der Waals surface area contributed by atoms with Gasteiger partial charge >= 0.3 is 6.18 Å². The number of hydrogen-bond acceptors (Lipinski definition) is 3. The summed E-state index contributed by atoms with van der Waals surface area (Å²) in [5.74, 6) is -0.976. The Bertz CT molecular complexity index is 436. The molecule has 0 aliphatic rings. The van der Waals surface area contributed by atoms with E-state index in [0.29, 0.717) is 0 Å². The van der Waals surface area contributed by atoms with Crippen LogP contribution in [-0.2, 0) is 10.2 Å². The molecule has 1 aromatic heterocycles. The van der Waals surface area contributed by atoms with Gasteiger partial charge in [-0.25, -0.2) is 0 Å². The monoisotopic (exact) mass is 264 g/mol. The Hall–Kier alpha value is -1.53. The lowest BCUT2D eigenvalue weighted by molar-refractivity contribution is -0.185. The van der Waals surface area contributed by atoms with Crippen molar-refractivity contribution in [2.75, 3.05) is 5.32 Å². The molecule has 1 aromatic rings. The molecule has 0 fully saturated rings. The van der Waals surface area contributed by atoms with Crippen molar-refractivity contribution in [3.8, 4) is 0 Å². The minimum Gasteiger partial charge on any atom is -0.358 e. The number of anilines is 1. The van der Waals surface area contributed by atoms with Gasteiger partial charge in [0.25, 0.3) is 0 Å². The fourth-order valence-electron chi connectivity index (χ4n) is 1.04. The van der Waals surface area contributed by atoms with Crippen LogP contribution in [0.1, 0.15) is 33.5 Å².